The first kappa shape index (κ1) is 16.9. The fraction of sp³-hybridized carbons (Fsp3) is 0.125. The molecule has 0 spiro atoms. The summed E-state index contributed by atoms with van der Waals surface area (Å²) >= 11 is 0. The molecule has 0 radical (unpaired) electrons. The number of nitro groups is 1. The average molecular weight is 329 g/mol. The molecule has 8 nitrogen and oxygen atoms in total. The second-order valence-electron chi connectivity index (χ2n) is 4.62. The molecule has 0 saturated carbocycles. The van der Waals surface area contributed by atoms with Crippen LogP contribution in [0.3, 0.4) is 0 Å². The van der Waals surface area contributed by atoms with E-state index in [1.807, 2.05) is 0 Å². The number of hydrogen-bond donors (Lipinski definition) is 1. The minimum Gasteiger partial charge on any atom is -0.497 e. The predicted octanol–water partition coefficient (Wildman–Crippen LogP) is 2.38. The van der Waals surface area contributed by atoms with Crippen molar-refractivity contribution in [3.8, 4) is 11.5 Å². The Bertz CT molecular complexity index is 767. The number of para-hydroxylation sites is 1. The van der Waals surface area contributed by atoms with Crippen LogP contribution in [-0.4, -0.2) is 31.3 Å². The molecule has 1 N–H and O–H groups in total. The van der Waals surface area contributed by atoms with Crippen LogP contribution in [0, 0.1) is 10.1 Å². The molecule has 2 rings (SSSR count). The SMILES string of the molecule is COc1cc(OC)cc(C(=O)N/N=C\c2ccccc2[N+](=O)[O-])c1. The summed E-state index contributed by atoms with van der Waals surface area (Å²) in [7, 11) is 2.95. The van der Waals surface area contributed by atoms with Crippen LogP contribution in [0.15, 0.2) is 47.6 Å². The number of nitro benzene ring substituents is 1. The van der Waals surface area contributed by atoms with Crippen molar-refractivity contribution in [1.82, 2.24) is 5.43 Å². The Balaban J connectivity index is 2.15. The molecule has 2 aromatic rings. The number of hydrogen-bond acceptors (Lipinski definition) is 6. The molecular formula is C16H15N3O5. The number of rotatable bonds is 6. The first-order chi connectivity index (χ1) is 11.5. The molecule has 2 aromatic carbocycles. The standard InChI is InChI=1S/C16H15N3O5/c1-23-13-7-12(8-14(9-13)24-2)16(20)18-17-10-11-5-3-4-6-15(11)19(21)22/h3-10H,1-2H3,(H,18,20)/b17-10-. The summed E-state index contributed by atoms with van der Waals surface area (Å²) in [6, 6.07) is 10.8. The van der Waals surface area contributed by atoms with Crippen LogP contribution in [0.25, 0.3) is 0 Å². The fourth-order valence-electron chi connectivity index (χ4n) is 1.93. The van der Waals surface area contributed by atoms with Gasteiger partial charge in [-0.05, 0) is 18.2 Å². The summed E-state index contributed by atoms with van der Waals surface area (Å²) in [6.07, 6.45) is 1.22. The minimum atomic E-state index is -0.518. The Morgan fingerprint density at radius 3 is 2.38 bits per heavy atom. The first-order valence-electron chi connectivity index (χ1n) is 6.85. The van der Waals surface area contributed by atoms with E-state index in [0.29, 0.717) is 11.5 Å². The molecule has 8 heteroatoms. The lowest BCUT2D eigenvalue weighted by Crippen LogP contribution is -2.17. The molecule has 0 heterocycles. The molecule has 0 unspecified atom stereocenters. The Labute approximate surface area is 137 Å². The zero-order chi connectivity index (χ0) is 17.5. The molecule has 0 bridgehead atoms. The second kappa shape index (κ2) is 7.73. The van der Waals surface area contributed by atoms with Gasteiger partial charge in [-0.2, -0.15) is 5.10 Å². The fourth-order valence-corrected chi connectivity index (χ4v) is 1.93. The van der Waals surface area contributed by atoms with E-state index in [0.717, 1.165) is 0 Å². The van der Waals surface area contributed by atoms with Gasteiger partial charge in [0.1, 0.15) is 11.5 Å². The summed E-state index contributed by atoms with van der Waals surface area (Å²) in [5.74, 6) is 0.423. The van der Waals surface area contributed by atoms with E-state index in [1.54, 1.807) is 18.2 Å². The maximum Gasteiger partial charge on any atom is 0.278 e. The molecule has 0 aromatic heterocycles. The molecule has 0 aliphatic rings. The number of carbonyl (C=O) groups is 1. The van der Waals surface area contributed by atoms with Gasteiger partial charge in [-0.25, -0.2) is 5.43 Å². The van der Waals surface area contributed by atoms with Crippen LogP contribution in [0.2, 0.25) is 0 Å². The van der Waals surface area contributed by atoms with Crippen molar-refractivity contribution in [2.24, 2.45) is 5.10 Å². The second-order valence-corrected chi connectivity index (χ2v) is 4.62. The molecule has 0 aliphatic heterocycles. The molecule has 0 atom stereocenters. The third-order valence-corrected chi connectivity index (χ3v) is 3.12. The van der Waals surface area contributed by atoms with Gasteiger partial charge in [0.2, 0.25) is 0 Å². The van der Waals surface area contributed by atoms with E-state index in [-0.39, 0.29) is 16.8 Å². The summed E-state index contributed by atoms with van der Waals surface area (Å²) in [4.78, 5) is 22.5. The first-order valence-corrected chi connectivity index (χ1v) is 6.85. The van der Waals surface area contributed by atoms with E-state index in [4.69, 9.17) is 9.47 Å². The molecule has 0 saturated heterocycles. The Kier molecular flexibility index (Phi) is 5.45. The van der Waals surface area contributed by atoms with Crippen molar-refractivity contribution in [3.63, 3.8) is 0 Å². The lowest BCUT2D eigenvalue weighted by atomic mass is 10.2. The molecule has 0 fully saturated rings. The highest BCUT2D eigenvalue weighted by atomic mass is 16.6. The number of nitrogens with zero attached hydrogens (tertiary/aromatic N) is 2. The number of methoxy groups -OCH3 is 2. The Hall–Kier alpha value is -3.42. The lowest BCUT2D eigenvalue weighted by molar-refractivity contribution is -0.385. The van der Waals surface area contributed by atoms with E-state index in [2.05, 4.69) is 10.5 Å². The summed E-state index contributed by atoms with van der Waals surface area (Å²) < 4.78 is 10.2. The maximum absolute atomic E-state index is 12.1. The molecule has 24 heavy (non-hydrogen) atoms. The summed E-state index contributed by atoms with van der Waals surface area (Å²) in [5.41, 5.74) is 2.78. The largest absolute Gasteiger partial charge is 0.497 e. The van der Waals surface area contributed by atoms with Crippen LogP contribution >= 0.6 is 0 Å². The normalized spacial score (nSPS) is 10.4. The molecular weight excluding hydrogens is 314 g/mol. The van der Waals surface area contributed by atoms with E-state index in [1.165, 1.54) is 44.7 Å². The van der Waals surface area contributed by atoms with Crippen LogP contribution < -0.4 is 14.9 Å². The number of amides is 1. The maximum atomic E-state index is 12.1. The number of nitrogens with one attached hydrogen (secondary N) is 1. The van der Waals surface area contributed by atoms with Gasteiger partial charge in [-0.1, -0.05) is 12.1 Å². The van der Waals surface area contributed by atoms with Crippen molar-refractivity contribution in [3.05, 3.63) is 63.7 Å². The van der Waals surface area contributed by atoms with Gasteiger partial charge < -0.3 is 9.47 Å². The highest BCUT2D eigenvalue weighted by Crippen LogP contribution is 2.22. The van der Waals surface area contributed by atoms with Crippen LogP contribution in [-0.2, 0) is 0 Å². The zero-order valence-corrected chi connectivity index (χ0v) is 13.1. The van der Waals surface area contributed by atoms with E-state index in [9.17, 15) is 14.9 Å². The summed E-state index contributed by atoms with van der Waals surface area (Å²) in [6.45, 7) is 0. The van der Waals surface area contributed by atoms with Crippen LogP contribution in [0.4, 0.5) is 5.69 Å². The highest BCUT2D eigenvalue weighted by Gasteiger charge is 2.11. The van der Waals surface area contributed by atoms with Crippen LogP contribution in [0.5, 0.6) is 11.5 Å². The zero-order valence-electron chi connectivity index (χ0n) is 13.1. The van der Waals surface area contributed by atoms with E-state index >= 15 is 0 Å². The molecule has 1 amide bonds. The smallest absolute Gasteiger partial charge is 0.278 e. The molecule has 124 valence electrons. The lowest BCUT2D eigenvalue weighted by Gasteiger charge is -2.07. The van der Waals surface area contributed by atoms with Crippen molar-refractivity contribution in [1.29, 1.82) is 0 Å². The third-order valence-electron chi connectivity index (χ3n) is 3.12. The summed E-state index contributed by atoms with van der Waals surface area (Å²) in [5, 5.41) is 14.7. The van der Waals surface area contributed by atoms with Crippen molar-refractivity contribution in [2.75, 3.05) is 14.2 Å². The highest BCUT2D eigenvalue weighted by molar-refractivity contribution is 5.96. The Morgan fingerprint density at radius 2 is 1.79 bits per heavy atom. The predicted molar refractivity (Wildman–Crippen MR) is 87.7 cm³/mol. The minimum absolute atomic E-state index is 0.0986. The van der Waals surface area contributed by atoms with Crippen molar-refractivity contribution in [2.45, 2.75) is 0 Å². The van der Waals surface area contributed by atoms with Crippen LogP contribution in [0.1, 0.15) is 15.9 Å². The third kappa shape index (κ3) is 4.07. The van der Waals surface area contributed by atoms with Crippen molar-refractivity contribution >= 4 is 17.8 Å². The van der Waals surface area contributed by atoms with E-state index < -0.39 is 10.8 Å². The average Bonchev–Trinajstić information content (AvgIpc) is 2.61. The van der Waals surface area contributed by atoms with Gasteiger partial charge in [0.15, 0.2) is 0 Å². The number of carbonyl (C=O) groups excluding carboxylic acids is 1. The van der Waals surface area contributed by atoms with Gasteiger partial charge in [0, 0.05) is 17.7 Å². The van der Waals surface area contributed by atoms with Gasteiger partial charge in [0.25, 0.3) is 11.6 Å². The number of ether oxygens (including phenoxy) is 2. The van der Waals surface area contributed by atoms with Gasteiger partial charge in [-0.3, -0.25) is 14.9 Å². The Morgan fingerprint density at radius 1 is 1.17 bits per heavy atom. The topological polar surface area (TPSA) is 103 Å². The number of hydrazone groups is 1. The van der Waals surface area contributed by atoms with Gasteiger partial charge >= 0.3 is 0 Å². The monoisotopic (exact) mass is 329 g/mol. The van der Waals surface area contributed by atoms with Gasteiger partial charge in [0.05, 0.1) is 30.9 Å². The quantitative estimate of drug-likeness (QED) is 0.498. The molecule has 0 aliphatic carbocycles. The van der Waals surface area contributed by atoms with Gasteiger partial charge in [-0.15, -0.1) is 0 Å². The van der Waals surface area contributed by atoms with Crippen molar-refractivity contribution < 1.29 is 19.2 Å². The number of benzene rings is 2.